The number of urea groups is 1. The van der Waals surface area contributed by atoms with Crippen molar-refractivity contribution in [2.24, 2.45) is 5.92 Å². The minimum absolute atomic E-state index is 0.0883. The van der Waals surface area contributed by atoms with Crippen molar-refractivity contribution >= 4 is 23.6 Å². The maximum atomic E-state index is 13.0. The molecule has 0 aliphatic carbocycles. The van der Waals surface area contributed by atoms with Gasteiger partial charge in [0, 0.05) is 18.6 Å². The van der Waals surface area contributed by atoms with E-state index in [9.17, 15) is 14.0 Å². The van der Waals surface area contributed by atoms with Crippen molar-refractivity contribution in [3.63, 3.8) is 0 Å². The van der Waals surface area contributed by atoms with E-state index in [4.69, 9.17) is 16.7 Å². The summed E-state index contributed by atoms with van der Waals surface area (Å²) < 4.78 is 13.0. The molecule has 1 aromatic rings. The molecule has 5 nitrogen and oxygen atoms in total. The number of hydrogen-bond acceptors (Lipinski definition) is 2. The minimum atomic E-state index is -0.968. The summed E-state index contributed by atoms with van der Waals surface area (Å²) in [6.07, 6.45) is 0. The van der Waals surface area contributed by atoms with Crippen LogP contribution in [0.15, 0.2) is 18.2 Å². The number of halogens is 2. The lowest BCUT2D eigenvalue weighted by atomic mass is 10.1. The van der Waals surface area contributed by atoms with E-state index < -0.39 is 29.8 Å². The molecule has 2 N–H and O–H groups in total. The molecule has 2 unspecified atom stereocenters. The summed E-state index contributed by atoms with van der Waals surface area (Å²) in [4.78, 5) is 24.0. The molecule has 7 heteroatoms. The van der Waals surface area contributed by atoms with Crippen LogP contribution < -0.4 is 5.32 Å². The smallest absolute Gasteiger partial charge is 0.317 e. The molecule has 0 saturated carbocycles. The summed E-state index contributed by atoms with van der Waals surface area (Å²) >= 11 is 5.93. The molecule has 2 atom stereocenters. The van der Waals surface area contributed by atoms with Gasteiger partial charge in [-0.3, -0.25) is 4.79 Å². The van der Waals surface area contributed by atoms with E-state index in [2.05, 4.69) is 5.32 Å². The molecular weight excluding hydrogens is 299 g/mol. The number of benzene rings is 1. The van der Waals surface area contributed by atoms with Gasteiger partial charge in [-0.1, -0.05) is 24.6 Å². The van der Waals surface area contributed by atoms with Crippen LogP contribution in [0.25, 0.3) is 0 Å². The van der Waals surface area contributed by atoms with E-state index in [1.165, 1.54) is 37.1 Å². The normalized spacial score (nSPS) is 13.4. The van der Waals surface area contributed by atoms with Crippen LogP contribution in [-0.4, -0.2) is 35.6 Å². The third-order valence-corrected chi connectivity index (χ3v) is 3.41. The van der Waals surface area contributed by atoms with Gasteiger partial charge >= 0.3 is 12.0 Å². The van der Waals surface area contributed by atoms with Crippen LogP contribution in [0.1, 0.15) is 25.5 Å². The first-order valence-corrected chi connectivity index (χ1v) is 6.79. The summed E-state index contributed by atoms with van der Waals surface area (Å²) in [5.41, 5.74) is 0.589. The molecule has 1 aromatic carbocycles. The second-order valence-corrected chi connectivity index (χ2v) is 5.36. The molecule has 0 aliphatic rings. The molecule has 2 amide bonds. The average Bonchev–Trinajstić information content (AvgIpc) is 2.37. The quantitative estimate of drug-likeness (QED) is 0.877. The summed E-state index contributed by atoms with van der Waals surface area (Å²) in [5.74, 6) is -2.08. The van der Waals surface area contributed by atoms with E-state index in [1.54, 1.807) is 6.92 Å². The molecule has 1 rings (SSSR count). The average molecular weight is 317 g/mol. The number of aliphatic carboxylic acids is 1. The molecule has 116 valence electrons. The molecule has 0 radical (unpaired) electrons. The Hall–Kier alpha value is -1.82. The van der Waals surface area contributed by atoms with Gasteiger partial charge in [0.2, 0.25) is 0 Å². The maximum absolute atomic E-state index is 13.0. The number of nitrogens with zero attached hydrogens (tertiary/aromatic N) is 1. The van der Waals surface area contributed by atoms with Crippen molar-refractivity contribution < 1.29 is 19.1 Å². The van der Waals surface area contributed by atoms with E-state index in [-0.39, 0.29) is 11.6 Å². The van der Waals surface area contributed by atoms with Crippen LogP contribution in [0.4, 0.5) is 9.18 Å². The van der Waals surface area contributed by atoms with Gasteiger partial charge in [-0.15, -0.1) is 0 Å². The van der Waals surface area contributed by atoms with Gasteiger partial charge in [-0.05, 0) is 24.6 Å². The zero-order chi connectivity index (χ0) is 16.2. The fraction of sp³-hybridized carbons (Fsp3) is 0.429. The maximum Gasteiger partial charge on any atom is 0.317 e. The van der Waals surface area contributed by atoms with Crippen molar-refractivity contribution in [3.05, 3.63) is 34.6 Å². The van der Waals surface area contributed by atoms with Crippen LogP contribution in [0.3, 0.4) is 0 Å². The highest BCUT2D eigenvalue weighted by Crippen LogP contribution is 2.23. The number of carboxylic acid groups (broad SMARTS) is 1. The van der Waals surface area contributed by atoms with E-state index in [0.717, 1.165) is 0 Å². The Kier molecular flexibility index (Phi) is 5.96. The number of carboxylic acids is 1. The zero-order valence-corrected chi connectivity index (χ0v) is 12.8. The summed E-state index contributed by atoms with van der Waals surface area (Å²) in [6.45, 7) is 3.32. The Morgan fingerprint density at radius 1 is 1.43 bits per heavy atom. The minimum Gasteiger partial charge on any atom is -0.481 e. The van der Waals surface area contributed by atoms with Crippen LogP contribution >= 0.6 is 11.6 Å². The van der Waals surface area contributed by atoms with Gasteiger partial charge in [0.15, 0.2) is 0 Å². The van der Waals surface area contributed by atoms with Crippen molar-refractivity contribution in [3.8, 4) is 0 Å². The third-order valence-electron chi connectivity index (χ3n) is 3.08. The fourth-order valence-corrected chi connectivity index (χ4v) is 2.13. The second kappa shape index (κ2) is 7.26. The van der Waals surface area contributed by atoms with E-state index in [1.807, 2.05) is 0 Å². The summed E-state index contributed by atoms with van der Waals surface area (Å²) in [6, 6.07) is 3.10. The van der Waals surface area contributed by atoms with Gasteiger partial charge in [0.25, 0.3) is 0 Å². The van der Waals surface area contributed by atoms with Crippen LogP contribution in [0, 0.1) is 11.7 Å². The highest BCUT2D eigenvalue weighted by atomic mass is 35.5. The lowest BCUT2D eigenvalue weighted by Gasteiger charge is -2.23. The third kappa shape index (κ3) is 4.90. The lowest BCUT2D eigenvalue weighted by molar-refractivity contribution is -0.141. The molecule has 0 spiro atoms. The summed E-state index contributed by atoms with van der Waals surface area (Å²) in [5, 5.41) is 11.7. The lowest BCUT2D eigenvalue weighted by Crippen LogP contribution is -2.41. The Bertz CT molecular complexity index is 539. The Balaban J connectivity index is 2.67. The largest absolute Gasteiger partial charge is 0.481 e. The molecular formula is C14H18ClFN2O3. The number of rotatable bonds is 5. The molecule has 0 heterocycles. The zero-order valence-electron chi connectivity index (χ0n) is 12.1. The number of hydrogen-bond donors (Lipinski definition) is 2. The monoisotopic (exact) mass is 316 g/mol. The molecule has 0 aliphatic heterocycles. The fourth-order valence-electron chi connectivity index (χ4n) is 1.80. The first-order valence-electron chi connectivity index (χ1n) is 6.41. The van der Waals surface area contributed by atoms with Gasteiger partial charge in [0.1, 0.15) is 5.82 Å². The first kappa shape index (κ1) is 17.2. The number of carbonyl (C=O) groups excluding carboxylic acids is 1. The van der Waals surface area contributed by atoms with Gasteiger partial charge in [0.05, 0.1) is 12.0 Å². The van der Waals surface area contributed by atoms with Crippen LogP contribution in [-0.2, 0) is 4.79 Å². The van der Waals surface area contributed by atoms with Gasteiger partial charge in [-0.25, -0.2) is 9.18 Å². The molecule has 0 saturated heterocycles. The highest BCUT2D eigenvalue weighted by Gasteiger charge is 2.19. The van der Waals surface area contributed by atoms with Gasteiger partial charge in [-0.2, -0.15) is 0 Å². The van der Waals surface area contributed by atoms with Crippen molar-refractivity contribution in [2.75, 3.05) is 13.6 Å². The predicted molar refractivity (Wildman–Crippen MR) is 77.8 cm³/mol. The molecule has 0 bridgehead atoms. The van der Waals surface area contributed by atoms with Gasteiger partial charge < -0.3 is 15.3 Å². The Labute approximate surface area is 127 Å². The number of carbonyl (C=O) groups is 2. The van der Waals surface area contributed by atoms with E-state index in [0.29, 0.717) is 5.56 Å². The summed E-state index contributed by atoms with van der Waals surface area (Å²) in [7, 11) is 1.51. The number of nitrogens with one attached hydrogen (secondary N) is 1. The van der Waals surface area contributed by atoms with Crippen LogP contribution in [0.2, 0.25) is 5.02 Å². The van der Waals surface area contributed by atoms with Crippen molar-refractivity contribution in [1.82, 2.24) is 10.2 Å². The second-order valence-electron chi connectivity index (χ2n) is 4.96. The van der Waals surface area contributed by atoms with Crippen LogP contribution in [0.5, 0.6) is 0 Å². The Morgan fingerprint density at radius 3 is 2.57 bits per heavy atom. The molecule has 0 fully saturated rings. The van der Waals surface area contributed by atoms with Crippen molar-refractivity contribution in [2.45, 2.75) is 19.9 Å². The Morgan fingerprint density at radius 2 is 2.05 bits per heavy atom. The predicted octanol–water partition coefficient (Wildman–Crippen LogP) is 2.90. The van der Waals surface area contributed by atoms with E-state index >= 15 is 0 Å². The topological polar surface area (TPSA) is 69.6 Å². The van der Waals surface area contributed by atoms with Crippen molar-refractivity contribution in [1.29, 1.82) is 0 Å². The standard InChI is InChI=1S/C14H18ClFN2O3/c1-8(13(19)20)7-18(3)14(21)17-9(2)11-5-4-10(16)6-12(11)15/h4-6,8-9H,7H2,1-3H3,(H,17,21)(H,19,20). The number of amides is 2. The highest BCUT2D eigenvalue weighted by molar-refractivity contribution is 6.31. The first-order chi connectivity index (χ1) is 9.72. The molecule has 0 aromatic heterocycles. The SMILES string of the molecule is CC(CN(C)C(=O)NC(C)c1ccc(F)cc1Cl)C(=O)O. The molecule has 21 heavy (non-hydrogen) atoms.